The minimum Gasteiger partial charge on any atom is -0.396 e. The SMILES string of the molecule is CCc1cnc(CNc2nc(C)ccc2N)s1. The highest BCUT2D eigenvalue weighted by Gasteiger charge is 2.03. The van der Waals surface area contributed by atoms with Crippen LogP contribution in [-0.2, 0) is 13.0 Å². The van der Waals surface area contributed by atoms with Crippen molar-refractivity contribution in [1.29, 1.82) is 0 Å². The third kappa shape index (κ3) is 2.94. The van der Waals surface area contributed by atoms with Gasteiger partial charge in [-0.05, 0) is 25.5 Å². The first-order chi connectivity index (χ1) is 8.19. The molecule has 0 radical (unpaired) electrons. The molecule has 3 N–H and O–H groups in total. The number of nitrogens with two attached hydrogens (primary N) is 1. The summed E-state index contributed by atoms with van der Waals surface area (Å²) in [5.41, 5.74) is 7.47. The van der Waals surface area contributed by atoms with Gasteiger partial charge in [-0.3, -0.25) is 0 Å². The van der Waals surface area contributed by atoms with E-state index in [4.69, 9.17) is 5.73 Å². The summed E-state index contributed by atoms with van der Waals surface area (Å²) in [6, 6.07) is 3.77. The van der Waals surface area contributed by atoms with Crippen LogP contribution in [0.2, 0.25) is 0 Å². The van der Waals surface area contributed by atoms with E-state index in [0.717, 1.165) is 22.9 Å². The number of anilines is 2. The zero-order valence-corrected chi connectivity index (χ0v) is 10.8. The van der Waals surface area contributed by atoms with Crippen LogP contribution in [0.25, 0.3) is 0 Å². The molecule has 0 amide bonds. The monoisotopic (exact) mass is 248 g/mol. The summed E-state index contributed by atoms with van der Waals surface area (Å²) in [7, 11) is 0. The van der Waals surface area contributed by atoms with Gasteiger partial charge in [-0.25, -0.2) is 9.97 Å². The van der Waals surface area contributed by atoms with Gasteiger partial charge in [0.15, 0.2) is 0 Å². The summed E-state index contributed by atoms with van der Waals surface area (Å²) in [5, 5.41) is 4.28. The number of nitrogen functional groups attached to an aromatic ring is 1. The average Bonchev–Trinajstić information content (AvgIpc) is 2.78. The largest absolute Gasteiger partial charge is 0.396 e. The van der Waals surface area contributed by atoms with Crippen molar-refractivity contribution in [3.05, 3.63) is 33.9 Å². The lowest BCUT2D eigenvalue weighted by atomic mass is 10.3. The van der Waals surface area contributed by atoms with Crippen LogP contribution >= 0.6 is 11.3 Å². The summed E-state index contributed by atoms with van der Waals surface area (Å²) in [6.07, 6.45) is 2.96. The fraction of sp³-hybridized carbons (Fsp3) is 0.333. The molecule has 0 unspecified atom stereocenters. The maximum absolute atomic E-state index is 5.84. The Labute approximate surface area is 105 Å². The van der Waals surface area contributed by atoms with Crippen LogP contribution in [0.3, 0.4) is 0 Å². The summed E-state index contributed by atoms with van der Waals surface area (Å²) in [6.45, 7) is 4.75. The van der Waals surface area contributed by atoms with Gasteiger partial charge in [0.25, 0.3) is 0 Å². The van der Waals surface area contributed by atoms with Crippen molar-refractivity contribution < 1.29 is 0 Å². The predicted molar refractivity (Wildman–Crippen MR) is 72.2 cm³/mol. The lowest BCUT2D eigenvalue weighted by Gasteiger charge is -2.07. The van der Waals surface area contributed by atoms with Crippen molar-refractivity contribution in [2.45, 2.75) is 26.8 Å². The average molecular weight is 248 g/mol. The molecular formula is C12H16N4S. The molecule has 0 aromatic carbocycles. The van der Waals surface area contributed by atoms with Gasteiger partial charge in [0, 0.05) is 16.8 Å². The highest BCUT2D eigenvalue weighted by atomic mass is 32.1. The van der Waals surface area contributed by atoms with Gasteiger partial charge < -0.3 is 11.1 Å². The highest BCUT2D eigenvalue weighted by molar-refractivity contribution is 7.11. The normalized spacial score (nSPS) is 10.5. The van der Waals surface area contributed by atoms with Gasteiger partial charge in [-0.2, -0.15) is 0 Å². The molecule has 0 bridgehead atoms. The summed E-state index contributed by atoms with van der Waals surface area (Å²) in [5.74, 6) is 0.734. The summed E-state index contributed by atoms with van der Waals surface area (Å²) >= 11 is 1.72. The lowest BCUT2D eigenvalue weighted by molar-refractivity contribution is 1.06. The molecule has 0 spiro atoms. The van der Waals surface area contributed by atoms with Crippen molar-refractivity contribution in [1.82, 2.24) is 9.97 Å². The maximum Gasteiger partial charge on any atom is 0.149 e. The lowest BCUT2D eigenvalue weighted by Crippen LogP contribution is -2.04. The molecule has 17 heavy (non-hydrogen) atoms. The fourth-order valence-electron chi connectivity index (χ4n) is 1.46. The van der Waals surface area contributed by atoms with Gasteiger partial charge in [-0.1, -0.05) is 6.92 Å². The van der Waals surface area contributed by atoms with E-state index in [1.165, 1.54) is 4.88 Å². The van der Waals surface area contributed by atoms with E-state index >= 15 is 0 Å². The highest BCUT2D eigenvalue weighted by Crippen LogP contribution is 2.18. The number of rotatable bonds is 4. The number of aryl methyl sites for hydroxylation is 2. The van der Waals surface area contributed by atoms with Crippen LogP contribution in [0, 0.1) is 6.92 Å². The second-order valence-corrected chi connectivity index (χ2v) is 5.02. The van der Waals surface area contributed by atoms with E-state index in [-0.39, 0.29) is 0 Å². The van der Waals surface area contributed by atoms with Crippen molar-refractivity contribution in [2.75, 3.05) is 11.1 Å². The zero-order chi connectivity index (χ0) is 12.3. The number of aromatic nitrogens is 2. The molecule has 2 aromatic heterocycles. The van der Waals surface area contributed by atoms with Gasteiger partial charge in [0.2, 0.25) is 0 Å². The quantitative estimate of drug-likeness (QED) is 0.873. The number of thiazole rings is 1. The molecule has 0 atom stereocenters. The van der Waals surface area contributed by atoms with E-state index in [0.29, 0.717) is 12.2 Å². The Balaban J connectivity index is 2.04. The minimum atomic E-state index is 0.669. The molecule has 0 saturated carbocycles. The first-order valence-electron chi connectivity index (χ1n) is 5.59. The third-order valence-electron chi connectivity index (χ3n) is 2.42. The first kappa shape index (κ1) is 11.9. The Morgan fingerprint density at radius 1 is 1.41 bits per heavy atom. The fourth-order valence-corrected chi connectivity index (χ4v) is 2.26. The summed E-state index contributed by atoms with van der Waals surface area (Å²) < 4.78 is 0. The second-order valence-electron chi connectivity index (χ2n) is 3.82. The molecule has 0 aliphatic carbocycles. The van der Waals surface area contributed by atoms with E-state index < -0.39 is 0 Å². The molecule has 0 saturated heterocycles. The number of nitrogens with zero attached hydrogens (tertiary/aromatic N) is 2. The molecule has 90 valence electrons. The van der Waals surface area contributed by atoms with Crippen LogP contribution in [-0.4, -0.2) is 9.97 Å². The topological polar surface area (TPSA) is 63.8 Å². The predicted octanol–water partition coefficient (Wildman–Crippen LogP) is 2.60. The molecule has 2 heterocycles. The Bertz CT molecular complexity index is 507. The molecular weight excluding hydrogens is 232 g/mol. The molecule has 2 rings (SSSR count). The third-order valence-corrected chi connectivity index (χ3v) is 3.56. The molecule has 0 fully saturated rings. The van der Waals surface area contributed by atoms with Crippen LogP contribution < -0.4 is 11.1 Å². The van der Waals surface area contributed by atoms with Crippen molar-refractivity contribution in [3.8, 4) is 0 Å². The van der Waals surface area contributed by atoms with Gasteiger partial charge in [-0.15, -0.1) is 11.3 Å². The van der Waals surface area contributed by atoms with Crippen LogP contribution in [0.1, 0.15) is 22.5 Å². The van der Waals surface area contributed by atoms with Crippen LogP contribution in [0.5, 0.6) is 0 Å². The van der Waals surface area contributed by atoms with Crippen molar-refractivity contribution in [3.63, 3.8) is 0 Å². The smallest absolute Gasteiger partial charge is 0.149 e. The molecule has 4 nitrogen and oxygen atoms in total. The van der Waals surface area contributed by atoms with Crippen LogP contribution in [0.15, 0.2) is 18.3 Å². The van der Waals surface area contributed by atoms with Crippen LogP contribution in [0.4, 0.5) is 11.5 Å². The van der Waals surface area contributed by atoms with Gasteiger partial charge in [0.1, 0.15) is 10.8 Å². The molecule has 0 aliphatic rings. The Kier molecular flexibility index (Phi) is 3.58. The van der Waals surface area contributed by atoms with Gasteiger partial charge >= 0.3 is 0 Å². The zero-order valence-electron chi connectivity index (χ0n) is 10.0. The number of hydrogen-bond acceptors (Lipinski definition) is 5. The number of nitrogens with one attached hydrogen (secondary N) is 1. The number of hydrogen-bond donors (Lipinski definition) is 2. The van der Waals surface area contributed by atoms with Crippen molar-refractivity contribution >= 4 is 22.8 Å². The van der Waals surface area contributed by atoms with E-state index in [2.05, 4.69) is 22.2 Å². The van der Waals surface area contributed by atoms with E-state index in [1.54, 1.807) is 11.3 Å². The van der Waals surface area contributed by atoms with E-state index in [1.807, 2.05) is 25.3 Å². The Morgan fingerprint density at radius 3 is 2.94 bits per heavy atom. The molecule has 5 heteroatoms. The molecule has 2 aromatic rings. The minimum absolute atomic E-state index is 0.669. The van der Waals surface area contributed by atoms with E-state index in [9.17, 15) is 0 Å². The molecule has 0 aliphatic heterocycles. The maximum atomic E-state index is 5.84. The first-order valence-corrected chi connectivity index (χ1v) is 6.41. The Hall–Kier alpha value is -1.62. The van der Waals surface area contributed by atoms with Gasteiger partial charge in [0.05, 0.1) is 12.2 Å². The summed E-state index contributed by atoms with van der Waals surface area (Å²) in [4.78, 5) is 10.00. The van der Waals surface area contributed by atoms with Crippen molar-refractivity contribution in [2.24, 2.45) is 0 Å². The standard InChI is InChI=1S/C12H16N4S/c1-3-9-6-14-11(17-9)7-15-12-10(13)5-4-8(2)16-12/h4-6H,3,7,13H2,1-2H3,(H,15,16). The second kappa shape index (κ2) is 5.14. The Morgan fingerprint density at radius 2 is 2.24 bits per heavy atom. The number of pyridine rings is 1.